The molecule has 0 bridgehead atoms. The Hall–Kier alpha value is -1.99. The minimum atomic E-state index is -0.368. The van der Waals surface area contributed by atoms with Crippen molar-refractivity contribution in [3.05, 3.63) is 59.9 Å². The van der Waals surface area contributed by atoms with Crippen LogP contribution in [-0.4, -0.2) is 22.3 Å². The lowest BCUT2D eigenvalue weighted by Gasteiger charge is -2.08. The zero-order valence-electron chi connectivity index (χ0n) is 12.5. The lowest BCUT2D eigenvalue weighted by atomic mass is 10.1. The second kappa shape index (κ2) is 7.72. The van der Waals surface area contributed by atoms with Crippen molar-refractivity contribution in [1.82, 2.24) is 5.32 Å². The number of amides is 2. The molecule has 0 spiro atoms. The molecule has 2 aromatic carbocycles. The van der Waals surface area contributed by atoms with Crippen LogP contribution < -0.4 is 10.1 Å². The molecule has 1 aliphatic rings. The summed E-state index contributed by atoms with van der Waals surface area (Å²) in [6.07, 6.45) is 0.501. The van der Waals surface area contributed by atoms with Crippen LogP contribution >= 0.6 is 23.5 Å². The molecule has 2 aromatic rings. The maximum atomic E-state index is 13.1. The van der Waals surface area contributed by atoms with Gasteiger partial charge in [-0.3, -0.25) is 14.9 Å². The minimum absolute atomic E-state index is 0.239. The monoisotopic (exact) mass is 363 g/mol. The van der Waals surface area contributed by atoms with E-state index in [1.165, 1.54) is 23.9 Å². The molecule has 0 aromatic heterocycles. The van der Waals surface area contributed by atoms with E-state index in [1.54, 1.807) is 6.07 Å². The summed E-state index contributed by atoms with van der Waals surface area (Å²) < 4.78 is 18.7. The van der Waals surface area contributed by atoms with Gasteiger partial charge in [-0.15, -0.1) is 0 Å². The third kappa shape index (κ3) is 4.52. The number of halogens is 1. The van der Waals surface area contributed by atoms with Crippen molar-refractivity contribution in [1.29, 1.82) is 0 Å². The lowest BCUT2D eigenvalue weighted by Crippen LogP contribution is -2.25. The predicted octanol–water partition coefficient (Wildman–Crippen LogP) is 3.85. The van der Waals surface area contributed by atoms with E-state index in [-0.39, 0.29) is 22.2 Å². The Morgan fingerprint density at radius 2 is 1.96 bits per heavy atom. The Kier molecular flexibility index (Phi) is 5.42. The predicted molar refractivity (Wildman–Crippen MR) is 92.8 cm³/mol. The Morgan fingerprint density at radius 3 is 2.62 bits per heavy atom. The van der Waals surface area contributed by atoms with Crippen molar-refractivity contribution in [2.75, 3.05) is 5.94 Å². The molecule has 1 aliphatic heterocycles. The molecular formula is C17H14FNO3S2. The zero-order chi connectivity index (χ0) is 16.9. The fourth-order valence-corrected chi connectivity index (χ4v) is 3.75. The topological polar surface area (TPSA) is 55.4 Å². The molecular weight excluding hydrogens is 349 g/mol. The van der Waals surface area contributed by atoms with Crippen LogP contribution in [0.25, 0.3) is 0 Å². The first-order valence-corrected chi connectivity index (χ1v) is 9.08. The molecule has 1 unspecified atom stereocenters. The number of carbonyl (C=O) groups excluding carboxylic acids is 2. The van der Waals surface area contributed by atoms with Crippen LogP contribution in [0.4, 0.5) is 9.18 Å². The number of nitrogens with one attached hydrogen (secondary N) is 1. The fraction of sp³-hybridized carbons (Fsp3) is 0.176. The van der Waals surface area contributed by atoms with Crippen molar-refractivity contribution in [2.45, 2.75) is 16.6 Å². The molecule has 0 radical (unpaired) electrons. The highest BCUT2D eigenvalue weighted by atomic mass is 32.2. The quantitative estimate of drug-likeness (QED) is 0.624. The van der Waals surface area contributed by atoms with Gasteiger partial charge in [-0.2, -0.15) is 0 Å². The van der Waals surface area contributed by atoms with Crippen LogP contribution in [0.3, 0.4) is 0 Å². The highest BCUT2D eigenvalue weighted by Gasteiger charge is 2.31. The average molecular weight is 363 g/mol. The summed E-state index contributed by atoms with van der Waals surface area (Å²) in [7, 11) is 0. The molecule has 124 valence electrons. The van der Waals surface area contributed by atoms with E-state index in [0.29, 0.717) is 18.1 Å². The molecule has 3 rings (SSSR count). The molecule has 7 heteroatoms. The first-order chi connectivity index (χ1) is 11.6. The normalized spacial score (nSPS) is 17.0. The molecule has 1 saturated heterocycles. The molecule has 1 N–H and O–H groups in total. The molecule has 0 aliphatic carbocycles. The average Bonchev–Trinajstić information content (AvgIpc) is 2.87. The third-order valence-electron chi connectivity index (χ3n) is 3.36. The molecule has 1 fully saturated rings. The molecule has 1 heterocycles. The van der Waals surface area contributed by atoms with Crippen LogP contribution in [0.5, 0.6) is 5.75 Å². The van der Waals surface area contributed by atoms with E-state index in [2.05, 4.69) is 5.32 Å². The van der Waals surface area contributed by atoms with Gasteiger partial charge in [-0.25, -0.2) is 4.39 Å². The second-order valence-electron chi connectivity index (χ2n) is 5.10. The Labute approximate surface area is 147 Å². The summed E-state index contributed by atoms with van der Waals surface area (Å²) in [4.78, 5) is 23.5. The standard InChI is InChI=1S/C17H14FNO3S2/c18-12-2-1-3-14(9-12)23-10-22-13-6-4-11(5-7-13)8-15-16(20)19-17(21)24-15/h1-7,9,15H,8,10H2,(H,19,20,21). The van der Waals surface area contributed by atoms with Crippen molar-refractivity contribution >= 4 is 34.7 Å². The van der Waals surface area contributed by atoms with Gasteiger partial charge in [0.25, 0.3) is 5.24 Å². The summed E-state index contributed by atoms with van der Waals surface area (Å²) in [5, 5.41) is 1.62. The van der Waals surface area contributed by atoms with Crippen molar-refractivity contribution < 1.29 is 18.7 Å². The fourth-order valence-electron chi connectivity index (χ4n) is 2.19. The van der Waals surface area contributed by atoms with Crippen molar-refractivity contribution in [3.63, 3.8) is 0 Å². The van der Waals surface area contributed by atoms with Crippen LogP contribution in [0, 0.1) is 5.82 Å². The van der Waals surface area contributed by atoms with Gasteiger partial charge in [0.1, 0.15) is 17.5 Å². The maximum Gasteiger partial charge on any atom is 0.286 e. The number of rotatable bonds is 6. The highest BCUT2D eigenvalue weighted by molar-refractivity contribution is 8.15. The highest BCUT2D eigenvalue weighted by Crippen LogP contribution is 2.25. The Bertz CT molecular complexity index is 752. The van der Waals surface area contributed by atoms with Gasteiger partial charge < -0.3 is 4.74 Å². The van der Waals surface area contributed by atoms with E-state index in [9.17, 15) is 14.0 Å². The minimum Gasteiger partial charge on any atom is -0.483 e. The molecule has 1 atom stereocenters. The van der Waals surface area contributed by atoms with Gasteiger partial charge in [0.15, 0.2) is 0 Å². The summed E-state index contributed by atoms with van der Waals surface area (Å²) in [6, 6.07) is 13.7. The number of benzene rings is 2. The van der Waals surface area contributed by atoms with Gasteiger partial charge in [0.05, 0.1) is 5.25 Å². The summed E-state index contributed by atoms with van der Waals surface area (Å²) in [5.74, 6) is 0.564. The Morgan fingerprint density at radius 1 is 1.17 bits per heavy atom. The maximum absolute atomic E-state index is 13.1. The second-order valence-corrected chi connectivity index (χ2v) is 7.27. The number of ether oxygens (including phenoxy) is 1. The van der Waals surface area contributed by atoms with Gasteiger partial charge in [0.2, 0.25) is 5.91 Å². The first kappa shape index (κ1) is 16.9. The number of thioether (sulfide) groups is 2. The van der Waals surface area contributed by atoms with Gasteiger partial charge >= 0.3 is 0 Å². The lowest BCUT2D eigenvalue weighted by molar-refractivity contribution is -0.118. The van der Waals surface area contributed by atoms with Gasteiger partial charge in [-0.1, -0.05) is 41.7 Å². The smallest absolute Gasteiger partial charge is 0.286 e. The first-order valence-electron chi connectivity index (χ1n) is 7.22. The summed E-state index contributed by atoms with van der Waals surface area (Å²) in [6.45, 7) is 0. The summed E-state index contributed by atoms with van der Waals surface area (Å²) >= 11 is 2.42. The number of imide groups is 1. The number of hydrogen-bond donors (Lipinski definition) is 1. The molecule has 2 amide bonds. The molecule has 4 nitrogen and oxygen atoms in total. The van der Waals surface area contributed by atoms with E-state index in [1.807, 2.05) is 30.3 Å². The largest absolute Gasteiger partial charge is 0.483 e. The Balaban J connectivity index is 1.49. The zero-order valence-corrected chi connectivity index (χ0v) is 14.2. The SMILES string of the molecule is O=C1NC(=O)C(Cc2ccc(OCSc3cccc(F)c3)cc2)S1. The van der Waals surface area contributed by atoms with Crippen LogP contribution in [0.2, 0.25) is 0 Å². The van der Waals surface area contributed by atoms with Crippen LogP contribution in [0.15, 0.2) is 53.4 Å². The molecule has 24 heavy (non-hydrogen) atoms. The van der Waals surface area contributed by atoms with Crippen LogP contribution in [0.1, 0.15) is 5.56 Å². The third-order valence-corrected chi connectivity index (χ3v) is 5.16. The van der Waals surface area contributed by atoms with Gasteiger partial charge in [-0.05, 0) is 42.3 Å². The number of hydrogen-bond acceptors (Lipinski definition) is 5. The van der Waals surface area contributed by atoms with Crippen molar-refractivity contribution in [3.8, 4) is 5.75 Å². The van der Waals surface area contributed by atoms with Crippen molar-refractivity contribution in [2.24, 2.45) is 0 Å². The van der Waals surface area contributed by atoms with E-state index < -0.39 is 0 Å². The van der Waals surface area contributed by atoms with E-state index >= 15 is 0 Å². The van der Waals surface area contributed by atoms with E-state index in [0.717, 1.165) is 22.2 Å². The van der Waals surface area contributed by atoms with E-state index in [4.69, 9.17) is 4.74 Å². The number of carbonyl (C=O) groups is 2. The van der Waals surface area contributed by atoms with Gasteiger partial charge in [0, 0.05) is 4.90 Å². The summed E-state index contributed by atoms with van der Waals surface area (Å²) in [5.41, 5.74) is 0.961. The molecule has 0 saturated carbocycles. The van der Waals surface area contributed by atoms with Crippen LogP contribution in [-0.2, 0) is 11.2 Å².